The van der Waals surface area contributed by atoms with Crippen LogP contribution in [0.25, 0.3) is 0 Å². The van der Waals surface area contributed by atoms with Crippen LogP contribution in [0.5, 0.6) is 0 Å². The molecular formula is C12H18N2O4S2. The molecule has 6 nitrogen and oxygen atoms in total. The second-order valence-electron chi connectivity index (χ2n) is 5.11. The predicted octanol–water partition coefficient (Wildman–Crippen LogP) is 0.290. The molecule has 1 aromatic rings. The fourth-order valence-electron chi connectivity index (χ4n) is 2.37. The van der Waals surface area contributed by atoms with E-state index in [1.54, 1.807) is 19.1 Å². The lowest BCUT2D eigenvalue weighted by Gasteiger charge is -2.13. The quantitative estimate of drug-likeness (QED) is 0.776. The zero-order valence-electron chi connectivity index (χ0n) is 11.2. The second-order valence-corrected chi connectivity index (χ2v) is 9.05. The number of rotatable bonds is 4. The van der Waals surface area contributed by atoms with Crippen LogP contribution in [-0.4, -0.2) is 34.9 Å². The maximum Gasteiger partial charge on any atom is 0.242 e. The van der Waals surface area contributed by atoms with Crippen molar-refractivity contribution in [3.8, 4) is 0 Å². The molecule has 112 valence electrons. The van der Waals surface area contributed by atoms with Crippen molar-refractivity contribution in [1.29, 1.82) is 0 Å². The van der Waals surface area contributed by atoms with Crippen molar-refractivity contribution in [2.75, 3.05) is 23.8 Å². The Labute approximate surface area is 119 Å². The molecule has 1 unspecified atom stereocenters. The van der Waals surface area contributed by atoms with Crippen LogP contribution in [0.2, 0.25) is 0 Å². The lowest BCUT2D eigenvalue weighted by Crippen LogP contribution is -2.31. The van der Waals surface area contributed by atoms with Crippen molar-refractivity contribution in [2.24, 2.45) is 5.92 Å². The first-order valence-electron chi connectivity index (χ1n) is 6.26. The number of benzene rings is 1. The summed E-state index contributed by atoms with van der Waals surface area (Å²) in [5.74, 6) is 0.00465. The molecule has 1 saturated heterocycles. The molecule has 0 bridgehead atoms. The second kappa shape index (κ2) is 5.34. The Morgan fingerprint density at radius 1 is 1.40 bits per heavy atom. The average Bonchev–Trinajstić information content (AvgIpc) is 2.66. The molecule has 1 heterocycles. The van der Waals surface area contributed by atoms with Crippen LogP contribution in [-0.2, 0) is 19.9 Å². The van der Waals surface area contributed by atoms with E-state index in [2.05, 4.69) is 4.72 Å². The van der Waals surface area contributed by atoms with Gasteiger partial charge in [-0.15, -0.1) is 0 Å². The lowest BCUT2D eigenvalue weighted by atomic mass is 10.1. The number of anilines is 1. The van der Waals surface area contributed by atoms with E-state index in [1.165, 1.54) is 6.07 Å². The lowest BCUT2D eigenvalue weighted by molar-refractivity contribution is 0.543. The number of nitrogens with one attached hydrogen (secondary N) is 1. The minimum Gasteiger partial charge on any atom is -0.398 e. The molecule has 1 aromatic carbocycles. The maximum absolute atomic E-state index is 12.3. The van der Waals surface area contributed by atoms with E-state index >= 15 is 0 Å². The van der Waals surface area contributed by atoms with Crippen molar-refractivity contribution in [1.82, 2.24) is 4.72 Å². The summed E-state index contributed by atoms with van der Waals surface area (Å²) in [6, 6.07) is 4.89. The molecule has 0 saturated carbocycles. The van der Waals surface area contributed by atoms with Gasteiger partial charge in [-0.2, -0.15) is 0 Å². The third-order valence-electron chi connectivity index (χ3n) is 3.40. The molecule has 0 amide bonds. The molecule has 0 radical (unpaired) electrons. The predicted molar refractivity (Wildman–Crippen MR) is 77.5 cm³/mol. The summed E-state index contributed by atoms with van der Waals surface area (Å²) in [5, 5.41) is 0. The molecule has 0 aliphatic carbocycles. The number of sulfone groups is 1. The minimum atomic E-state index is -3.72. The monoisotopic (exact) mass is 318 g/mol. The molecule has 2 rings (SSSR count). The third-order valence-corrected chi connectivity index (χ3v) is 6.88. The smallest absolute Gasteiger partial charge is 0.242 e. The summed E-state index contributed by atoms with van der Waals surface area (Å²) in [4.78, 5) is 0.0702. The van der Waals surface area contributed by atoms with E-state index in [0.717, 1.165) is 0 Å². The van der Waals surface area contributed by atoms with Crippen LogP contribution >= 0.6 is 0 Å². The molecule has 0 aromatic heterocycles. The van der Waals surface area contributed by atoms with Crippen LogP contribution in [0, 0.1) is 12.8 Å². The molecule has 20 heavy (non-hydrogen) atoms. The average molecular weight is 318 g/mol. The van der Waals surface area contributed by atoms with Gasteiger partial charge in [-0.25, -0.2) is 21.6 Å². The molecule has 1 aliphatic rings. The van der Waals surface area contributed by atoms with E-state index < -0.39 is 19.9 Å². The number of aryl methyl sites for hydroxylation is 1. The first-order valence-corrected chi connectivity index (χ1v) is 9.57. The molecule has 0 spiro atoms. The van der Waals surface area contributed by atoms with Gasteiger partial charge in [0.15, 0.2) is 9.84 Å². The Kier molecular flexibility index (Phi) is 4.08. The summed E-state index contributed by atoms with van der Waals surface area (Å²) >= 11 is 0. The van der Waals surface area contributed by atoms with Gasteiger partial charge in [0.1, 0.15) is 4.90 Å². The van der Waals surface area contributed by atoms with Crippen molar-refractivity contribution in [3.63, 3.8) is 0 Å². The molecule has 1 aliphatic heterocycles. The van der Waals surface area contributed by atoms with Crippen molar-refractivity contribution in [2.45, 2.75) is 18.2 Å². The summed E-state index contributed by atoms with van der Waals surface area (Å²) in [7, 11) is -6.72. The van der Waals surface area contributed by atoms with Crippen molar-refractivity contribution in [3.05, 3.63) is 23.8 Å². The summed E-state index contributed by atoms with van der Waals surface area (Å²) in [6.07, 6.45) is 0.494. The summed E-state index contributed by atoms with van der Waals surface area (Å²) in [5.41, 5.74) is 6.48. The Bertz CT molecular complexity index is 691. The van der Waals surface area contributed by atoms with Gasteiger partial charge in [0.05, 0.1) is 17.2 Å². The van der Waals surface area contributed by atoms with E-state index in [4.69, 9.17) is 5.73 Å². The summed E-state index contributed by atoms with van der Waals surface area (Å²) in [6.45, 7) is 1.79. The van der Waals surface area contributed by atoms with Crippen LogP contribution < -0.4 is 10.5 Å². The number of hydrogen-bond acceptors (Lipinski definition) is 5. The van der Waals surface area contributed by atoms with Crippen LogP contribution in [0.3, 0.4) is 0 Å². The van der Waals surface area contributed by atoms with E-state index in [0.29, 0.717) is 12.0 Å². The highest BCUT2D eigenvalue weighted by molar-refractivity contribution is 7.91. The Hall–Kier alpha value is -1.12. The van der Waals surface area contributed by atoms with Gasteiger partial charge in [-0.3, -0.25) is 0 Å². The standard InChI is InChI=1S/C12H18N2O4S2/c1-9-3-2-4-11(13)12(9)20(17,18)14-7-10-5-6-19(15,16)8-10/h2-4,10,14H,5-8,13H2,1H3. The maximum atomic E-state index is 12.3. The zero-order valence-corrected chi connectivity index (χ0v) is 12.8. The van der Waals surface area contributed by atoms with Gasteiger partial charge in [-0.05, 0) is 30.9 Å². The topological polar surface area (TPSA) is 106 Å². The van der Waals surface area contributed by atoms with Crippen LogP contribution in [0.15, 0.2) is 23.1 Å². The van der Waals surface area contributed by atoms with E-state index in [1.807, 2.05) is 0 Å². The highest BCUT2D eigenvalue weighted by Crippen LogP contribution is 2.23. The van der Waals surface area contributed by atoms with Gasteiger partial charge < -0.3 is 5.73 Å². The highest BCUT2D eigenvalue weighted by atomic mass is 32.2. The molecule has 1 fully saturated rings. The van der Waals surface area contributed by atoms with E-state index in [-0.39, 0.29) is 34.6 Å². The highest BCUT2D eigenvalue weighted by Gasteiger charge is 2.29. The summed E-state index contributed by atoms with van der Waals surface area (Å²) < 4.78 is 49.7. The van der Waals surface area contributed by atoms with Gasteiger partial charge in [0.2, 0.25) is 10.0 Å². The Balaban J connectivity index is 2.13. The normalized spacial score (nSPS) is 21.9. The molecular weight excluding hydrogens is 300 g/mol. The van der Waals surface area contributed by atoms with Gasteiger partial charge in [0, 0.05) is 6.54 Å². The minimum absolute atomic E-state index is 0.0405. The van der Waals surface area contributed by atoms with E-state index in [9.17, 15) is 16.8 Å². The van der Waals surface area contributed by atoms with Gasteiger partial charge >= 0.3 is 0 Å². The SMILES string of the molecule is Cc1cccc(N)c1S(=O)(=O)NCC1CCS(=O)(=O)C1. The van der Waals surface area contributed by atoms with Crippen LogP contribution in [0.4, 0.5) is 5.69 Å². The van der Waals surface area contributed by atoms with Gasteiger partial charge in [0.25, 0.3) is 0 Å². The molecule has 8 heteroatoms. The number of sulfonamides is 1. The molecule has 3 N–H and O–H groups in total. The van der Waals surface area contributed by atoms with Crippen LogP contribution in [0.1, 0.15) is 12.0 Å². The van der Waals surface area contributed by atoms with Crippen molar-refractivity contribution < 1.29 is 16.8 Å². The number of nitrogens with two attached hydrogens (primary N) is 1. The zero-order chi connectivity index (χ0) is 15.0. The third kappa shape index (κ3) is 3.31. The molecule has 1 atom stereocenters. The first kappa shape index (κ1) is 15.3. The number of hydrogen-bond donors (Lipinski definition) is 2. The Morgan fingerprint density at radius 3 is 2.65 bits per heavy atom. The fourth-order valence-corrected chi connectivity index (χ4v) is 5.71. The largest absolute Gasteiger partial charge is 0.398 e. The van der Waals surface area contributed by atoms with Gasteiger partial charge in [-0.1, -0.05) is 12.1 Å². The Morgan fingerprint density at radius 2 is 2.10 bits per heavy atom. The van der Waals surface area contributed by atoms with Crippen molar-refractivity contribution >= 4 is 25.5 Å². The number of nitrogen functional groups attached to an aromatic ring is 1. The fraction of sp³-hybridized carbons (Fsp3) is 0.500. The first-order chi connectivity index (χ1) is 9.21.